The summed E-state index contributed by atoms with van der Waals surface area (Å²) in [5, 5.41) is 3.25. The Labute approximate surface area is 124 Å². The predicted octanol–water partition coefficient (Wildman–Crippen LogP) is 1.89. The minimum absolute atomic E-state index is 0.175. The molecular formula is C12H24N6OS. The number of thioether (sulfide) groups is 1. The fraction of sp³-hybridized carbons (Fsp3) is 0.750. The summed E-state index contributed by atoms with van der Waals surface area (Å²) in [6.07, 6.45) is 4.27. The molecule has 0 fully saturated rings. The first-order chi connectivity index (χ1) is 9.62. The molecule has 1 aromatic rings. The molecule has 0 saturated heterocycles. The number of nitrogens with one attached hydrogen (secondary N) is 2. The lowest BCUT2D eigenvalue weighted by atomic mass is 10.0. The van der Waals surface area contributed by atoms with Crippen LogP contribution in [-0.4, -0.2) is 39.1 Å². The molecule has 0 radical (unpaired) electrons. The van der Waals surface area contributed by atoms with Crippen LogP contribution in [0.25, 0.3) is 0 Å². The van der Waals surface area contributed by atoms with Crippen molar-refractivity contribution < 1.29 is 4.74 Å². The predicted molar refractivity (Wildman–Crippen MR) is 84.1 cm³/mol. The van der Waals surface area contributed by atoms with Crippen LogP contribution in [-0.2, 0) is 0 Å². The molecule has 114 valence electrons. The molecule has 0 bridgehead atoms. The van der Waals surface area contributed by atoms with Crippen LogP contribution in [0.1, 0.15) is 33.6 Å². The first-order valence-corrected chi connectivity index (χ1v) is 8.00. The van der Waals surface area contributed by atoms with Crippen LogP contribution in [0.4, 0.5) is 11.9 Å². The Morgan fingerprint density at radius 1 is 1.15 bits per heavy atom. The Morgan fingerprint density at radius 2 is 1.80 bits per heavy atom. The van der Waals surface area contributed by atoms with Crippen molar-refractivity contribution in [1.82, 2.24) is 15.0 Å². The second-order valence-electron chi connectivity index (χ2n) is 4.29. The zero-order valence-corrected chi connectivity index (χ0v) is 13.4. The number of ether oxygens (including phenoxy) is 1. The average Bonchev–Trinajstić information content (AvgIpc) is 2.49. The molecule has 0 aliphatic rings. The second kappa shape index (κ2) is 8.11. The summed E-state index contributed by atoms with van der Waals surface area (Å²) in [5.74, 6) is 6.11. The molecule has 0 amide bonds. The van der Waals surface area contributed by atoms with E-state index >= 15 is 0 Å². The van der Waals surface area contributed by atoms with Crippen LogP contribution in [0.2, 0.25) is 0 Å². The van der Waals surface area contributed by atoms with Crippen molar-refractivity contribution in [3.05, 3.63) is 0 Å². The Morgan fingerprint density at radius 3 is 2.30 bits per heavy atom. The molecular weight excluding hydrogens is 276 g/mol. The van der Waals surface area contributed by atoms with Gasteiger partial charge in [0, 0.05) is 11.3 Å². The van der Waals surface area contributed by atoms with Crippen LogP contribution in [0.15, 0.2) is 0 Å². The number of anilines is 2. The lowest BCUT2D eigenvalue weighted by Gasteiger charge is -2.29. The number of hydrogen-bond donors (Lipinski definition) is 3. The van der Waals surface area contributed by atoms with Crippen molar-refractivity contribution in [3.8, 4) is 6.01 Å². The average molecular weight is 300 g/mol. The summed E-state index contributed by atoms with van der Waals surface area (Å²) >= 11 is 1.86. The molecule has 0 saturated carbocycles. The highest BCUT2D eigenvalue weighted by atomic mass is 32.2. The van der Waals surface area contributed by atoms with Crippen molar-refractivity contribution in [1.29, 1.82) is 0 Å². The molecule has 4 N–H and O–H groups in total. The fourth-order valence-electron chi connectivity index (χ4n) is 1.79. The zero-order valence-electron chi connectivity index (χ0n) is 12.6. The fourth-order valence-corrected chi connectivity index (χ4v) is 2.59. The molecule has 8 heteroatoms. The van der Waals surface area contributed by atoms with Crippen molar-refractivity contribution in [2.75, 3.05) is 30.1 Å². The highest BCUT2D eigenvalue weighted by molar-refractivity contribution is 8.00. The smallest absolute Gasteiger partial charge is 0.323 e. The van der Waals surface area contributed by atoms with Crippen LogP contribution in [0.3, 0.4) is 0 Å². The summed E-state index contributed by atoms with van der Waals surface area (Å²) < 4.78 is 5.47. The van der Waals surface area contributed by atoms with E-state index in [0.717, 1.165) is 19.4 Å². The third-order valence-electron chi connectivity index (χ3n) is 3.31. The molecule has 0 spiro atoms. The van der Waals surface area contributed by atoms with E-state index in [1.54, 1.807) is 0 Å². The van der Waals surface area contributed by atoms with E-state index in [9.17, 15) is 0 Å². The van der Waals surface area contributed by atoms with E-state index in [4.69, 9.17) is 10.6 Å². The van der Waals surface area contributed by atoms with Gasteiger partial charge in [-0.1, -0.05) is 13.8 Å². The van der Waals surface area contributed by atoms with E-state index in [-0.39, 0.29) is 16.7 Å². The maximum atomic E-state index is 5.35. The van der Waals surface area contributed by atoms with Crippen LogP contribution in [0.5, 0.6) is 6.01 Å². The van der Waals surface area contributed by atoms with E-state index in [1.807, 2.05) is 18.7 Å². The van der Waals surface area contributed by atoms with Gasteiger partial charge in [0.05, 0.1) is 6.61 Å². The van der Waals surface area contributed by atoms with Crippen molar-refractivity contribution in [2.45, 2.75) is 38.4 Å². The summed E-state index contributed by atoms with van der Waals surface area (Å²) in [6, 6.07) is 0.265. The quantitative estimate of drug-likeness (QED) is 0.470. The van der Waals surface area contributed by atoms with Gasteiger partial charge < -0.3 is 10.1 Å². The molecule has 20 heavy (non-hydrogen) atoms. The van der Waals surface area contributed by atoms with Gasteiger partial charge in [-0.25, -0.2) is 5.84 Å². The van der Waals surface area contributed by atoms with Crippen LogP contribution in [0, 0.1) is 0 Å². The van der Waals surface area contributed by atoms with Crippen molar-refractivity contribution >= 4 is 23.7 Å². The van der Waals surface area contributed by atoms with E-state index in [2.05, 4.69) is 45.8 Å². The molecule has 0 aliphatic carbocycles. The Kier molecular flexibility index (Phi) is 6.80. The number of rotatable bonds is 9. The van der Waals surface area contributed by atoms with E-state index in [0.29, 0.717) is 12.6 Å². The van der Waals surface area contributed by atoms with Gasteiger partial charge in [0.15, 0.2) is 0 Å². The van der Waals surface area contributed by atoms with Gasteiger partial charge in [-0.05, 0) is 26.0 Å². The maximum Gasteiger partial charge on any atom is 0.323 e. The molecule has 7 nitrogen and oxygen atoms in total. The molecule has 1 heterocycles. The SMILES string of the molecule is CCOc1nc(NN)nc(NCC(CC)(CC)SC)n1. The van der Waals surface area contributed by atoms with Crippen LogP contribution < -0.4 is 21.3 Å². The summed E-state index contributed by atoms with van der Waals surface area (Å²) in [4.78, 5) is 12.4. The van der Waals surface area contributed by atoms with Gasteiger partial charge in [0.1, 0.15) is 0 Å². The Hall–Kier alpha value is -1.28. The van der Waals surface area contributed by atoms with Crippen molar-refractivity contribution in [3.63, 3.8) is 0 Å². The Balaban J connectivity index is 2.83. The summed E-state index contributed by atoms with van der Waals surface area (Å²) in [7, 11) is 0. The number of nitrogens with two attached hydrogens (primary N) is 1. The molecule has 0 aromatic carbocycles. The molecule has 0 unspecified atom stereocenters. The third-order valence-corrected chi connectivity index (χ3v) is 4.90. The number of nitrogens with zero attached hydrogens (tertiary/aromatic N) is 3. The van der Waals surface area contributed by atoms with Gasteiger partial charge in [-0.2, -0.15) is 26.7 Å². The largest absolute Gasteiger partial charge is 0.464 e. The second-order valence-corrected chi connectivity index (χ2v) is 5.56. The lowest BCUT2D eigenvalue weighted by molar-refractivity contribution is 0.312. The third kappa shape index (κ3) is 4.38. The minimum Gasteiger partial charge on any atom is -0.464 e. The van der Waals surface area contributed by atoms with Crippen LogP contribution >= 0.6 is 11.8 Å². The molecule has 0 atom stereocenters. The van der Waals surface area contributed by atoms with Gasteiger partial charge >= 0.3 is 6.01 Å². The number of aromatic nitrogens is 3. The van der Waals surface area contributed by atoms with E-state index < -0.39 is 0 Å². The molecule has 1 rings (SSSR count). The number of hydrogen-bond acceptors (Lipinski definition) is 8. The van der Waals surface area contributed by atoms with Gasteiger partial charge in [0.2, 0.25) is 11.9 Å². The monoisotopic (exact) mass is 300 g/mol. The molecule has 0 aliphatic heterocycles. The van der Waals surface area contributed by atoms with Gasteiger partial charge in [-0.15, -0.1) is 0 Å². The topological polar surface area (TPSA) is 98.0 Å². The summed E-state index contributed by atoms with van der Waals surface area (Å²) in [5.41, 5.74) is 2.42. The van der Waals surface area contributed by atoms with E-state index in [1.165, 1.54) is 0 Å². The normalized spacial score (nSPS) is 11.2. The van der Waals surface area contributed by atoms with Gasteiger partial charge in [-0.3, -0.25) is 5.43 Å². The van der Waals surface area contributed by atoms with Gasteiger partial charge in [0.25, 0.3) is 0 Å². The number of nitrogen functional groups attached to an aromatic ring is 1. The number of hydrazine groups is 1. The first-order valence-electron chi connectivity index (χ1n) is 6.77. The Bertz CT molecular complexity index is 405. The molecule has 1 aromatic heterocycles. The zero-order chi connectivity index (χ0) is 15.0. The maximum absolute atomic E-state index is 5.35. The lowest BCUT2D eigenvalue weighted by Crippen LogP contribution is -2.32. The highest BCUT2D eigenvalue weighted by Crippen LogP contribution is 2.30. The minimum atomic E-state index is 0.175. The first kappa shape index (κ1) is 16.8. The highest BCUT2D eigenvalue weighted by Gasteiger charge is 2.25. The standard InChI is InChI=1S/C12H24N6OS/c1-5-12(6-2,20-4)8-14-9-15-10(18-13)17-11(16-9)19-7-3/h5-8,13H2,1-4H3,(H2,14,15,16,17,18). The summed E-state index contributed by atoms with van der Waals surface area (Å²) in [6.45, 7) is 7.52. The van der Waals surface area contributed by atoms with Crippen molar-refractivity contribution in [2.24, 2.45) is 5.84 Å².